The SMILES string of the molecule is C[C@H](CO)NC(=O)c1cccc(C=CCCCC#N)c1. The molecule has 0 spiro atoms. The average Bonchev–Trinajstić information content (AvgIpc) is 2.47. The van der Waals surface area contributed by atoms with E-state index in [2.05, 4.69) is 11.4 Å². The van der Waals surface area contributed by atoms with Gasteiger partial charge in [0, 0.05) is 18.0 Å². The van der Waals surface area contributed by atoms with Gasteiger partial charge in [-0.3, -0.25) is 4.79 Å². The van der Waals surface area contributed by atoms with E-state index in [4.69, 9.17) is 10.4 Å². The van der Waals surface area contributed by atoms with Crippen LogP contribution in [-0.4, -0.2) is 23.7 Å². The van der Waals surface area contributed by atoms with Crippen molar-refractivity contribution in [2.24, 2.45) is 0 Å². The number of hydrogen-bond donors (Lipinski definition) is 2. The minimum Gasteiger partial charge on any atom is -0.394 e. The quantitative estimate of drug-likeness (QED) is 0.749. The molecule has 1 aromatic carbocycles. The number of aliphatic hydroxyl groups excluding tert-OH is 1. The number of rotatable bonds is 7. The van der Waals surface area contributed by atoms with Gasteiger partial charge >= 0.3 is 0 Å². The molecule has 0 fully saturated rings. The molecule has 0 unspecified atom stereocenters. The zero-order chi connectivity index (χ0) is 14.8. The first-order chi connectivity index (χ1) is 9.67. The highest BCUT2D eigenvalue weighted by molar-refractivity contribution is 5.94. The lowest BCUT2D eigenvalue weighted by molar-refractivity contribution is 0.0922. The normalized spacial score (nSPS) is 12.1. The maximum atomic E-state index is 11.9. The van der Waals surface area contributed by atoms with E-state index >= 15 is 0 Å². The Hall–Kier alpha value is -2.12. The highest BCUT2D eigenvalue weighted by Gasteiger charge is 2.08. The highest BCUT2D eigenvalue weighted by atomic mass is 16.3. The largest absolute Gasteiger partial charge is 0.394 e. The Bertz CT molecular complexity index is 503. The summed E-state index contributed by atoms with van der Waals surface area (Å²) in [5.74, 6) is -0.189. The number of amides is 1. The van der Waals surface area contributed by atoms with Crippen LogP contribution >= 0.6 is 0 Å². The van der Waals surface area contributed by atoms with Gasteiger partial charge in [-0.2, -0.15) is 5.26 Å². The third kappa shape index (κ3) is 5.68. The van der Waals surface area contributed by atoms with Crippen molar-refractivity contribution in [1.29, 1.82) is 5.26 Å². The van der Waals surface area contributed by atoms with Gasteiger partial charge in [-0.25, -0.2) is 0 Å². The zero-order valence-electron chi connectivity index (χ0n) is 11.7. The second-order valence-electron chi connectivity index (χ2n) is 4.64. The fourth-order valence-electron chi connectivity index (χ4n) is 1.65. The van der Waals surface area contributed by atoms with E-state index < -0.39 is 0 Å². The molecule has 2 N–H and O–H groups in total. The molecule has 1 aromatic rings. The summed E-state index contributed by atoms with van der Waals surface area (Å²) in [6.45, 7) is 1.67. The Morgan fingerprint density at radius 3 is 3.05 bits per heavy atom. The van der Waals surface area contributed by atoms with Crippen LogP contribution in [0.5, 0.6) is 0 Å². The van der Waals surface area contributed by atoms with Crippen LogP contribution in [0.15, 0.2) is 30.3 Å². The first-order valence-electron chi connectivity index (χ1n) is 6.72. The van der Waals surface area contributed by atoms with Gasteiger partial charge in [0.2, 0.25) is 0 Å². The summed E-state index contributed by atoms with van der Waals surface area (Å²) < 4.78 is 0. The van der Waals surface area contributed by atoms with Gasteiger partial charge in [0.15, 0.2) is 0 Å². The van der Waals surface area contributed by atoms with Crippen LogP contribution in [0.25, 0.3) is 6.08 Å². The predicted octanol–water partition coefficient (Wildman–Crippen LogP) is 2.50. The van der Waals surface area contributed by atoms with Gasteiger partial charge in [0.1, 0.15) is 0 Å². The smallest absolute Gasteiger partial charge is 0.251 e. The molecule has 0 saturated carbocycles. The third-order valence-corrected chi connectivity index (χ3v) is 2.77. The fraction of sp³-hybridized carbons (Fsp3) is 0.375. The molecule has 20 heavy (non-hydrogen) atoms. The van der Waals surface area contributed by atoms with E-state index in [1.54, 1.807) is 19.1 Å². The predicted molar refractivity (Wildman–Crippen MR) is 79.0 cm³/mol. The molecular formula is C16H20N2O2. The summed E-state index contributed by atoms with van der Waals surface area (Å²) >= 11 is 0. The van der Waals surface area contributed by atoms with Crippen molar-refractivity contribution < 1.29 is 9.90 Å². The summed E-state index contributed by atoms with van der Waals surface area (Å²) in [5, 5.41) is 20.1. The van der Waals surface area contributed by atoms with Crippen molar-refractivity contribution in [1.82, 2.24) is 5.32 Å². The Morgan fingerprint density at radius 1 is 1.55 bits per heavy atom. The molecule has 0 bridgehead atoms. The summed E-state index contributed by atoms with van der Waals surface area (Å²) in [6.07, 6.45) is 6.22. The summed E-state index contributed by atoms with van der Waals surface area (Å²) in [7, 11) is 0. The van der Waals surface area contributed by atoms with Crippen LogP contribution in [0, 0.1) is 11.3 Å². The van der Waals surface area contributed by atoms with Gasteiger partial charge in [0.25, 0.3) is 5.91 Å². The maximum absolute atomic E-state index is 11.9. The van der Waals surface area contributed by atoms with Gasteiger partial charge in [-0.1, -0.05) is 24.3 Å². The second kappa shape index (κ2) is 8.89. The number of benzene rings is 1. The molecule has 0 radical (unpaired) electrons. The highest BCUT2D eigenvalue weighted by Crippen LogP contribution is 2.09. The van der Waals surface area contributed by atoms with Crippen LogP contribution in [0.1, 0.15) is 42.1 Å². The number of unbranched alkanes of at least 4 members (excludes halogenated alkanes) is 2. The Labute approximate surface area is 119 Å². The molecule has 0 aromatic heterocycles. The molecule has 1 atom stereocenters. The lowest BCUT2D eigenvalue weighted by atomic mass is 10.1. The number of carbonyl (C=O) groups is 1. The number of allylic oxidation sites excluding steroid dienone is 1. The molecule has 0 heterocycles. The molecule has 4 nitrogen and oxygen atoms in total. The van der Waals surface area contributed by atoms with Gasteiger partial charge in [0.05, 0.1) is 12.7 Å². The van der Waals surface area contributed by atoms with Crippen molar-refractivity contribution in [3.63, 3.8) is 0 Å². The number of nitrogens with one attached hydrogen (secondary N) is 1. The maximum Gasteiger partial charge on any atom is 0.251 e. The topological polar surface area (TPSA) is 73.1 Å². The van der Waals surface area contributed by atoms with E-state index in [1.807, 2.05) is 24.3 Å². The van der Waals surface area contributed by atoms with Crippen molar-refractivity contribution >= 4 is 12.0 Å². The lowest BCUT2D eigenvalue weighted by Crippen LogP contribution is -2.34. The van der Waals surface area contributed by atoms with Crippen LogP contribution in [0.2, 0.25) is 0 Å². The number of carbonyl (C=O) groups excluding carboxylic acids is 1. The van der Waals surface area contributed by atoms with Crippen LogP contribution < -0.4 is 5.32 Å². The van der Waals surface area contributed by atoms with E-state index in [9.17, 15) is 4.79 Å². The lowest BCUT2D eigenvalue weighted by Gasteiger charge is -2.10. The summed E-state index contributed by atoms with van der Waals surface area (Å²) in [5.41, 5.74) is 1.52. The van der Waals surface area contributed by atoms with Gasteiger partial charge in [-0.15, -0.1) is 0 Å². The molecule has 0 saturated heterocycles. The average molecular weight is 272 g/mol. The number of aliphatic hydroxyl groups is 1. The molecule has 0 aliphatic heterocycles. The monoisotopic (exact) mass is 272 g/mol. The van der Waals surface area contributed by atoms with Gasteiger partial charge < -0.3 is 10.4 Å². The van der Waals surface area contributed by atoms with E-state index in [0.717, 1.165) is 18.4 Å². The Balaban J connectivity index is 2.61. The van der Waals surface area contributed by atoms with Crippen LogP contribution in [0.3, 0.4) is 0 Å². The number of hydrogen-bond acceptors (Lipinski definition) is 3. The summed E-state index contributed by atoms with van der Waals surface area (Å²) in [6, 6.07) is 9.15. The third-order valence-electron chi connectivity index (χ3n) is 2.77. The van der Waals surface area contributed by atoms with Gasteiger partial charge in [-0.05, 0) is 37.5 Å². The summed E-state index contributed by atoms with van der Waals surface area (Å²) in [4.78, 5) is 11.9. The van der Waals surface area contributed by atoms with E-state index in [0.29, 0.717) is 12.0 Å². The van der Waals surface area contributed by atoms with Crippen LogP contribution in [-0.2, 0) is 0 Å². The minimum atomic E-state index is -0.257. The van der Waals surface area contributed by atoms with Crippen molar-refractivity contribution in [2.45, 2.75) is 32.2 Å². The second-order valence-corrected chi connectivity index (χ2v) is 4.64. The Morgan fingerprint density at radius 2 is 2.35 bits per heavy atom. The molecule has 1 amide bonds. The van der Waals surface area contributed by atoms with Crippen molar-refractivity contribution in [3.8, 4) is 6.07 Å². The van der Waals surface area contributed by atoms with Crippen molar-refractivity contribution in [2.75, 3.05) is 6.61 Å². The molecule has 0 aliphatic rings. The number of nitriles is 1. The number of nitrogens with zero attached hydrogens (tertiary/aromatic N) is 1. The minimum absolute atomic E-state index is 0.0791. The first-order valence-corrected chi connectivity index (χ1v) is 6.72. The zero-order valence-corrected chi connectivity index (χ0v) is 11.7. The molecular weight excluding hydrogens is 252 g/mol. The molecule has 0 aliphatic carbocycles. The van der Waals surface area contributed by atoms with E-state index in [-0.39, 0.29) is 18.6 Å². The molecule has 1 rings (SSSR count). The first kappa shape index (κ1) is 15.9. The fourth-order valence-corrected chi connectivity index (χ4v) is 1.65. The van der Waals surface area contributed by atoms with E-state index in [1.165, 1.54) is 0 Å². The molecule has 106 valence electrons. The molecule has 4 heteroatoms. The standard InChI is InChI=1S/C16H20N2O2/c1-13(12-19)18-16(20)15-9-6-8-14(11-15)7-4-2-3-5-10-17/h4,6-9,11,13,19H,2-3,5,12H2,1H3,(H,18,20)/t13-/m1/s1. The van der Waals surface area contributed by atoms with Crippen molar-refractivity contribution in [3.05, 3.63) is 41.5 Å². The Kier molecular flexibility index (Phi) is 7.08. The van der Waals surface area contributed by atoms with Crippen LogP contribution in [0.4, 0.5) is 0 Å².